The molecule has 0 saturated carbocycles. The molecule has 0 atom stereocenters. The molecule has 0 saturated heterocycles. The van der Waals surface area contributed by atoms with Crippen molar-refractivity contribution in [3.05, 3.63) is 325 Å². The first-order valence-electron chi connectivity index (χ1n) is 34.0. The third kappa shape index (κ3) is 8.57. The van der Waals surface area contributed by atoms with Crippen molar-refractivity contribution in [2.75, 3.05) is 0 Å². The summed E-state index contributed by atoms with van der Waals surface area (Å²) in [7, 11) is 0. The summed E-state index contributed by atoms with van der Waals surface area (Å²) < 4.78 is 7.08. The maximum atomic E-state index is 5.21. The SMILES string of the molecule is Cc1c(C)n(-c2ccc3c(c2)C(C)(C)c2ccccc2-3)c2c3ccccc3c3cc(-c4cccc(-c5ccncc5)n4)c4ccccc4c3c12.Cc1c(C)n(-c2ccc3ccccc3c2)c2c3ccccc3c3cc(-c4ccc(-c5cn6ccccc6n5)cc4)c4ccccc4c3c12. The van der Waals surface area contributed by atoms with Crippen LogP contribution in [0.5, 0.6) is 0 Å². The van der Waals surface area contributed by atoms with Gasteiger partial charge in [-0.2, -0.15) is 0 Å². The number of fused-ring (bicyclic) bond motifs is 21. The number of aromatic nitrogens is 6. The van der Waals surface area contributed by atoms with Crippen LogP contribution in [0.4, 0.5) is 0 Å². The Labute approximate surface area is 567 Å². The molecule has 1 aliphatic rings. The number of aryl methyl sites for hydroxylation is 2. The van der Waals surface area contributed by atoms with Crippen LogP contribution in [0, 0.1) is 27.7 Å². The van der Waals surface area contributed by atoms with E-state index in [-0.39, 0.29) is 5.41 Å². The first-order valence-corrected chi connectivity index (χ1v) is 34.0. The van der Waals surface area contributed by atoms with E-state index in [9.17, 15) is 0 Å². The number of imidazole rings is 1. The van der Waals surface area contributed by atoms with E-state index in [2.05, 4.69) is 303 Å². The Balaban J connectivity index is 0.000000137. The van der Waals surface area contributed by atoms with Crippen molar-refractivity contribution in [1.29, 1.82) is 0 Å². The summed E-state index contributed by atoms with van der Waals surface area (Å²) in [5.74, 6) is 0. The summed E-state index contributed by atoms with van der Waals surface area (Å²) >= 11 is 0. The fourth-order valence-corrected chi connectivity index (χ4v) is 16.7. The van der Waals surface area contributed by atoms with Crippen LogP contribution in [0.1, 0.15) is 47.5 Å². The standard InChI is InChI=1S/C47H35N3.C45H31N3/c1-28-29(2)50(31-20-21-35-34-14-9-10-17-40(34)47(3,4)41(35)26-31)46-37-16-8-6-13-33(37)39-27-38(32-12-5-7-15-36(32)45(39)44(28)46)43-19-11-18-42(49-43)30-22-24-48-25-23-30;1-28-29(2)48(34-23-22-30-11-3-4-12-33(30)25-34)45-38-16-8-6-14-36(38)40-26-39(35-13-5-7-15-37(35)44(40)43(28)45)31-18-20-32(21-19-31)41-27-47-24-10-9-17-42(47)46-41/h5-27H,1-4H3;3-27H,1-2H3. The Kier molecular flexibility index (Phi) is 12.8. The molecule has 13 aromatic carbocycles. The molecule has 0 amide bonds. The zero-order valence-electron chi connectivity index (χ0n) is 55.4. The van der Waals surface area contributed by atoms with Crippen LogP contribution in [0.2, 0.25) is 0 Å². The van der Waals surface area contributed by atoms with E-state index in [4.69, 9.17) is 9.97 Å². The highest BCUT2D eigenvalue weighted by Crippen LogP contribution is 2.52. The van der Waals surface area contributed by atoms with Gasteiger partial charge in [-0.05, 0) is 210 Å². The van der Waals surface area contributed by atoms with E-state index in [1.165, 1.54) is 164 Å². The lowest BCUT2D eigenvalue weighted by Crippen LogP contribution is -2.15. The quantitative estimate of drug-likeness (QED) is 0.156. The van der Waals surface area contributed by atoms with Gasteiger partial charge in [0.1, 0.15) is 5.65 Å². The number of pyridine rings is 3. The van der Waals surface area contributed by atoms with Crippen LogP contribution >= 0.6 is 0 Å². The molecule has 6 heteroatoms. The normalized spacial score (nSPS) is 12.7. The van der Waals surface area contributed by atoms with Crippen LogP contribution in [0.15, 0.2) is 292 Å². The van der Waals surface area contributed by atoms with Gasteiger partial charge in [0.2, 0.25) is 0 Å². The van der Waals surface area contributed by atoms with Crippen LogP contribution in [-0.2, 0) is 5.41 Å². The van der Waals surface area contributed by atoms with Gasteiger partial charge in [-0.25, -0.2) is 9.97 Å². The molecule has 0 aliphatic heterocycles. The third-order valence-electron chi connectivity index (χ3n) is 21.6. The second kappa shape index (κ2) is 21.9. The first kappa shape index (κ1) is 57.2. The summed E-state index contributed by atoms with van der Waals surface area (Å²) in [4.78, 5) is 14.3. The molecule has 6 nitrogen and oxygen atoms in total. The second-order valence-corrected chi connectivity index (χ2v) is 27.2. The van der Waals surface area contributed by atoms with E-state index in [0.717, 1.165) is 39.4 Å². The van der Waals surface area contributed by atoms with Gasteiger partial charge in [0.25, 0.3) is 0 Å². The molecule has 0 N–H and O–H groups in total. The molecule has 19 aromatic rings. The lowest BCUT2D eigenvalue weighted by Gasteiger charge is -2.22. The topological polar surface area (TPSA) is 52.9 Å². The minimum atomic E-state index is -0.0715. The number of benzene rings is 13. The van der Waals surface area contributed by atoms with Gasteiger partial charge in [0, 0.05) is 91.2 Å². The zero-order chi connectivity index (χ0) is 65.7. The smallest absolute Gasteiger partial charge is 0.137 e. The molecule has 6 aromatic heterocycles. The van der Waals surface area contributed by atoms with Crippen molar-refractivity contribution < 1.29 is 0 Å². The molecule has 1 aliphatic carbocycles. The van der Waals surface area contributed by atoms with Crippen molar-refractivity contribution in [2.45, 2.75) is 47.0 Å². The van der Waals surface area contributed by atoms with Gasteiger partial charge >= 0.3 is 0 Å². The van der Waals surface area contributed by atoms with Crippen LogP contribution < -0.4 is 0 Å². The predicted molar refractivity (Wildman–Crippen MR) is 412 cm³/mol. The Morgan fingerprint density at radius 2 is 0.827 bits per heavy atom. The van der Waals surface area contributed by atoms with Crippen molar-refractivity contribution in [3.8, 4) is 67.4 Å². The number of hydrogen-bond acceptors (Lipinski definition) is 3. The Hall–Kier alpha value is -12.3. The molecule has 98 heavy (non-hydrogen) atoms. The number of hydrogen-bond donors (Lipinski definition) is 0. The van der Waals surface area contributed by atoms with Gasteiger partial charge in [0.05, 0.1) is 28.1 Å². The largest absolute Gasteiger partial charge is 0.313 e. The Morgan fingerprint density at radius 1 is 0.316 bits per heavy atom. The maximum absolute atomic E-state index is 5.21. The molecule has 0 fully saturated rings. The summed E-state index contributed by atoms with van der Waals surface area (Å²) in [6, 6.07) is 97.4. The van der Waals surface area contributed by atoms with E-state index >= 15 is 0 Å². The Morgan fingerprint density at radius 3 is 1.49 bits per heavy atom. The van der Waals surface area contributed by atoms with E-state index in [0.29, 0.717) is 0 Å². The van der Waals surface area contributed by atoms with Gasteiger partial charge < -0.3 is 13.5 Å². The highest BCUT2D eigenvalue weighted by molar-refractivity contribution is 6.35. The Bertz CT molecular complexity index is 6530. The molecular formula is C92H66N6. The van der Waals surface area contributed by atoms with E-state index < -0.39 is 0 Å². The maximum Gasteiger partial charge on any atom is 0.137 e. The summed E-state index contributed by atoms with van der Waals surface area (Å²) in [5.41, 5.74) is 25.1. The highest BCUT2D eigenvalue weighted by atomic mass is 15.0. The average Bonchev–Trinajstić information content (AvgIpc) is 1.45. The van der Waals surface area contributed by atoms with Crippen LogP contribution in [0.3, 0.4) is 0 Å². The van der Waals surface area contributed by atoms with E-state index in [1.807, 2.05) is 48.9 Å². The fraction of sp³-hybridized carbons (Fsp3) is 0.0761. The molecule has 0 spiro atoms. The van der Waals surface area contributed by atoms with Gasteiger partial charge in [0.15, 0.2) is 0 Å². The fourth-order valence-electron chi connectivity index (χ4n) is 16.7. The molecule has 20 rings (SSSR count). The molecule has 0 radical (unpaired) electrons. The summed E-state index contributed by atoms with van der Waals surface area (Å²) in [6.07, 6.45) is 7.79. The second-order valence-electron chi connectivity index (χ2n) is 27.2. The molecular weight excluding hydrogens is 1190 g/mol. The van der Waals surface area contributed by atoms with E-state index in [1.54, 1.807) is 0 Å². The van der Waals surface area contributed by atoms with Crippen LogP contribution in [-0.4, -0.2) is 28.5 Å². The monoisotopic (exact) mass is 1250 g/mol. The molecule has 6 heterocycles. The molecule has 0 bridgehead atoms. The van der Waals surface area contributed by atoms with Gasteiger partial charge in [-0.3, -0.25) is 4.98 Å². The molecule has 464 valence electrons. The average molecular weight is 1260 g/mol. The van der Waals surface area contributed by atoms with Crippen molar-refractivity contribution >= 4 is 103 Å². The minimum Gasteiger partial charge on any atom is -0.313 e. The first-order chi connectivity index (χ1) is 48.1. The third-order valence-corrected chi connectivity index (χ3v) is 21.6. The molecule has 0 unspecified atom stereocenters. The lowest BCUT2D eigenvalue weighted by atomic mass is 9.82. The minimum absolute atomic E-state index is 0.0715. The van der Waals surface area contributed by atoms with Crippen molar-refractivity contribution in [1.82, 2.24) is 28.5 Å². The highest BCUT2D eigenvalue weighted by Gasteiger charge is 2.36. The van der Waals surface area contributed by atoms with Crippen LogP contribution in [0.25, 0.3) is 170 Å². The van der Waals surface area contributed by atoms with Crippen molar-refractivity contribution in [3.63, 3.8) is 0 Å². The zero-order valence-corrected chi connectivity index (χ0v) is 55.4. The lowest BCUT2D eigenvalue weighted by molar-refractivity contribution is 0.659. The summed E-state index contributed by atoms with van der Waals surface area (Å²) in [5, 5.41) is 20.4. The summed E-state index contributed by atoms with van der Waals surface area (Å²) in [6.45, 7) is 13.9. The predicted octanol–water partition coefficient (Wildman–Crippen LogP) is 24.0. The van der Waals surface area contributed by atoms with Gasteiger partial charge in [-0.1, -0.05) is 208 Å². The van der Waals surface area contributed by atoms with Crippen molar-refractivity contribution in [2.24, 2.45) is 0 Å². The number of rotatable bonds is 6. The van der Waals surface area contributed by atoms with Gasteiger partial charge in [-0.15, -0.1) is 0 Å². The number of nitrogens with zero attached hydrogens (tertiary/aromatic N) is 6.